The highest BCUT2D eigenvalue weighted by Crippen LogP contribution is 2.35. The molecule has 0 saturated carbocycles. The van der Waals surface area contributed by atoms with Crippen LogP contribution in [0.1, 0.15) is 35.0 Å². The maximum Gasteiger partial charge on any atom is 0.434 e. The Morgan fingerprint density at radius 2 is 2.07 bits per heavy atom. The van der Waals surface area contributed by atoms with Gasteiger partial charge in [-0.25, -0.2) is 4.68 Å². The molecule has 1 aliphatic heterocycles. The first-order valence-electron chi connectivity index (χ1n) is 8.45. The van der Waals surface area contributed by atoms with Crippen molar-refractivity contribution in [3.05, 3.63) is 47.3 Å². The molecule has 2 heterocycles. The van der Waals surface area contributed by atoms with Crippen LogP contribution in [0.5, 0.6) is 0 Å². The van der Waals surface area contributed by atoms with E-state index in [0.29, 0.717) is 19.5 Å². The van der Waals surface area contributed by atoms with Crippen LogP contribution in [-0.2, 0) is 6.18 Å². The molecular weight excluding hydrogens is 381 g/mol. The molecule has 1 saturated heterocycles. The molecule has 1 aromatic heterocycles. The Balaban J connectivity index is 0.00000261. The number of carbonyl (C=O) groups is 1. The third kappa shape index (κ3) is 4.11. The van der Waals surface area contributed by atoms with Gasteiger partial charge in [-0.3, -0.25) is 4.79 Å². The quantitative estimate of drug-likeness (QED) is 0.855. The summed E-state index contributed by atoms with van der Waals surface area (Å²) in [6.07, 6.45) is -3.01. The van der Waals surface area contributed by atoms with Gasteiger partial charge in [0.25, 0.3) is 5.91 Å². The first-order valence-corrected chi connectivity index (χ1v) is 8.45. The maximum absolute atomic E-state index is 13.8. The average Bonchev–Trinajstić information content (AvgIpc) is 3.17. The van der Waals surface area contributed by atoms with Crippen LogP contribution in [0.3, 0.4) is 0 Å². The number of alkyl halides is 3. The van der Waals surface area contributed by atoms with Crippen LogP contribution in [0.4, 0.5) is 13.2 Å². The summed E-state index contributed by atoms with van der Waals surface area (Å²) in [5.74, 6) is -0.546. The van der Waals surface area contributed by atoms with Gasteiger partial charge in [-0.15, -0.1) is 12.4 Å². The zero-order valence-electron chi connectivity index (χ0n) is 15.0. The smallest absolute Gasteiger partial charge is 0.335 e. The molecule has 0 aliphatic carbocycles. The minimum absolute atomic E-state index is 0. The third-order valence-electron chi connectivity index (χ3n) is 4.77. The Morgan fingerprint density at radius 3 is 2.63 bits per heavy atom. The number of nitrogens with zero attached hydrogens (tertiary/aromatic N) is 3. The molecular formula is C18H22ClF3N4O. The molecule has 148 valence electrons. The van der Waals surface area contributed by atoms with Gasteiger partial charge in [0, 0.05) is 12.6 Å². The van der Waals surface area contributed by atoms with Crippen molar-refractivity contribution in [2.75, 3.05) is 13.1 Å². The topological polar surface area (TPSA) is 64.2 Å². The van der Waals surface area contributed by atoms with Crippen LogP contribution in [0.15, 0.2) is 30.5 Å². The molecule has 0 bridgehead atoms. The second-order valence-corrected chi connectivity index (χ2v) is 6.80. The number of rotatable bonds is 3. The Hall–Kier alpha value is -2.06. The van der Waals surface area contributed by atoms with Gasteiger partial charge in [-0.05, 0) is 50.4 Å². The summed E-state index contributed by atoms with van der Waals surface area (Å²) >= 11 is 0. The zero-order valence-corrected chi connectivity index (χ0v) is 15.8. The van der Waals surface area contributed by atoms with Crippen LogP contribution in [0.25, 0.3) is 5.69 Å². The number of carbonyl (C=O) groups excluding carboxylic acids is 1. The minimum atomic E-state index is -4.71. The van der Waals surface area contributed by atoms with Gasteiger partial charge in [0.1, 0.15) is 0 Å². The van der Waals surface area contributed by atoms with Crippen LogP contribution in [-0.4, -0.2) is 39.7 Å². The number of hydrogen-bond donors (Lipinski definition) is 1. The third-order valence-corrected chi connectivity index (χ3v) is 4.77. The first-order chi connectivity index (χ1) is 12.2. The normalized spacial score (nSPS) is 19.9. The number of aryl methyl sites for hydroxylation is 1. The molecule has 5 nitrogen and oxygen atoms in total. The Kier molecular flexibility index (Phi) is 6.21. The molecule has 3 rings (SSSR count). The van der Waals surface area contributed by atoms with E-state index in [-0.39, 0.29) is 30.1 Å². The number of aromatic nitrogens is 2. The highest BCUT2D eigenvalue weighted by molar-refractivity contribution is 5.96. The average molecular weight is 403 g/mol. The van der Waals surface area contributed by atoms with E-state index in [1.54, 1.807) is 25.1 Å². The van der Waals surface area contributed by atoms with E-state index in [2.05, 4.69) is 5.10 Å². The van der Waals surface area contributed by atoms with Crippen molar-refractivity contribution in [2.24, 2.45) is 11.7 Å². The lowest BCUT2D eigenvalue weighted by Gasteiger charge is -2.22. The van der Waals surface area contributed by atoms with Crippen molar-refractivity contribution in [1.82, 2.24) is 14.7 Å². The Morgan fingerprint density at radius 1 is 1.37 bits per heavy atom. The van der Waals surface area contributed by atoms with Crippen LogP contribution in [0, 0.1) is 12.8 Å². The second kappa shape index (κ2) is 7.90. The van der Waals surface area contributed by atoms with Gasteiger partial charge in [-0.2, -0.15) is 18.3 Å². The zero-order chi connectivity index (χ0) is 19.1. The van der Waals surface area contributed by atoms with E-state index >= 15 is 0 Å². The minimum Gasteiger partial charge on any atom is -0.335 e. The number of benzene rings is 1. The lowest BCUT2D eigenvalue weighted by molar-refractivity contribution is -0.143. The second-order valence-electron chi connectivity index (χ2n) is 6.80. The van der Waals surface area contributed by atoms with E-state index < -0.39 is 23.3 Å². The van der Waals surface area contributed by atoms with Crippen molar-refractivity contribution in [2.45, 2.75) is 32.5 Å². The monoisotopic (exact) mass is 402 g/mol. The fraction of sp³-hybridized carbons (Fsp3) is 0.444. The van der Waals surface area contributed by atoms with Crippen LogP contribution in [0.2, 0.25) is 0 Å². The molecule has 1 amide bonds. The summed E-state index contributed by atoms with van der Waals surface area (Å²) < 4.78 is 42.1. The van der Waals surface area contributed by atoms with E-state index in [1.165, 1.54) is 11.0 Å². The van der Waals surface area contributed by atoms with E-state index in [9.17, 15) is 18.0 Å². The van der Waals surface area contributed by atoms with Crippen LogP contribution < -0.4 is 5.73 Å². The standard InChI is InChI=1S/C18H21F3N4O.ClH/c1-11-4-3-5-14(6-11)25-16(18(19,20)21)15(9-23-25)17(26)24-10-13(8-22)7-12(24)2;/h3-6,9,12-13H,7-8,10,22H2,1-2H3;1H. The summed E-state index contributed by atoms with van der Waals surface area (Å²) in [7, 11) is 0. The molecule has 1 fully saturated rings. The number of hydrogen-bond acceptors (Lipinski definition) is 3. The molecule has 9 heteroatoms. The van der Waals surface area contributed by atoms with Crippen molar-refractivity contribution in [3.63, 3.8) is 0 Å². The van der Waals surface area contributed by atoms with Gasteiger partial charge in [-0.1, -0.05) is 12.1 Å². The van der Waals surface area contributed by atoms with Gasteiger partial charge in [0.15, 0.2) is 5.69 Å². The van der Waals surface area contributed by atoms with Crippen molar-refractivity contribution in [1.29, 1.82) is 0 Å². The number of halogens is 4. The van der Waals surface area contributed by atoms with Crippen molar-refractivity contribution < 1.29 is 18.0 Å². The number of amides is 1. The number of likely N-dealkylation sites (tertiary alicyclic amines) is 1. The molecule has 1 aliphatic rings. The summed E-state index contributed by atoms with van der Waals surface area (Å²) in [6.45, 7) is 4.38. The van der Waals surface area contributed by atoms with E-state index in [1.807, 2.05) is 6.92 Å². The molecule has 2 aromatic rings. The predicted molar refractivity (Wildman–Crippen MR) is 98.2 cm³/mol. The number of nitrogens with two attached hydrogens (primary N) is 1. The molecule has 2 N–H and O–H groups in total. The Labute approximate surface area is 161 Å². The highest BCUT2D eigenvalue weighted by Gasteiger charge is 2.43. The molecule has 2 unspecified atom stereocenters. The summed E-state index contributed by atoms with van der Waals surface area (Å²) in [5.41, 5.74) is 5.26. The summed E-state index contributed by atoms with van der Waals surface area (Å²) in [6, 6.07) is 6.42. The predicted octanol–water partition coefficient (Wildman–Crippen LogP) is 3.43. The van der Waals surface area contributed by atoms with Gasteiger partial charge >= 0.3 is 6.18 Å². The maximum atomic E-state index is 13.8. The largest absolute Gasteiger partial charge is 0.434 e. The lowest BCUT2D eigenvalue weighted by Crippen LogP contribution is -2.35. The summed E-state index contributed by atoms with van der Waals surface area (Å²) in [4.78, 5) is 14.3. The van der Waals surface area contributed by atoms with Crippen LogP contribution >= 0.6 is 12.4 Å². The first kappa shape index (κ1) is 21.2. The molecule has 1 aromatic carbocycles. The van der Waals surface area contributed by atoms with E-state index in [0.717, 1.165) is 16.4 Å². The lowest BCUT2D eigenvalue weighted by atomic mass is 10.1. The molecule has 0 radical (unpaired) electrons. The molecule has 0 spiro atoms. The van der Waals surface area contributed by atoms with Crippen molar-refractivity contribution >= 4 is 18.3 Å². The SMILES string of the molecule is Cc1cccc(-n2ncc(C(=O)N3CC(CN)CC3C)c2C(F)(F)F)c1.Cl. The van der Waals surface area contributed by atoms with E-state index in [4.69, 9.17) is 5.73 Å². The fourth-order valence-corrected chi connectivity index (χ4v) is 3.48. The molecule has 27 heavy (non-hydrogen) atoms. The highest BCUT2D eigenvalue weighted by atomic mass is 35.5. The summed E-state index contributed by atoms with van der Waals surface area (Å²) in [5, 5.41) is 3.88. The van der Waals surface area contributed by atoms with Gasteiger partial charge in [0.2, 0.25) is 0 Å². The van der Waals surface area contributed by atoms with Crippen molar-refractivity contribution in [3.8, 4) is 5.69 Å². The van der Waals surface area contributed by atoms with Gasteiger partial charge < -0.3 is 10.6 Å². The fourth-order valence-electron chi connectivity index (χ4n) is 3.48. The van der Waals surface area contributed by atoms with Gasteiger partial charge in [0.05, 0.1) is 17.4 Å². The molecule has 2 atom stereocenters. The Bertz CT molecular complexity index is 821.